The third-order valence-corrected chi connectivity index (χ3v) is 5.14. The van der Waals surface area contributed by atoms with Crippen LogP contribution in [-0.2, 0) is 4.79 Å². The molecule has 0 unspecified atom stereocenters. The number of nitrogens with one attached hydrogen (secondary N) is 2. The van der Waals surface area contributed by atoms with Crippen LogP contribution in [0.3, 0.4) is 0 Å². The molecule has 1 aliphatic heterocycles. The number of rotatable bonds is 7. The predicted molar refractivity (Wildman–Crippen MR) is 118 cm³/mol. The van der Waals surface area contributed by atoms with Gasteiger partial charge in [-0.2, -0.15) is 0 Å². The van der Waals surface area contributed by atoms with Crippen LogP contribution in [0.5, 0.6) is 5.75 Å². The molecule has 0 atom stereocenters. The van der Waals surface area contributed by atoms with Gasteiger partial charge in [-0.25, -0.2) is 0 Å². The number of nitrogens with zero attached hydrogens (tertiary/aromatic N) is 2. The van der Waals surface area contributed by atoms with E-state index < -0.39 is 0 Å². The SMILES string of the molecule is CCNC(=O)CN1CCCN(C(=O)c2ccccc2Nc2ccc(OC)cc2)CC1. The maximum Gasteiger partial charge on any atom is 0.256 e. The van der Waals surface area contributed by atoms with Crippen LogP contribution in [0, 0.1) is 0 Å². The van der Waals surface area contributed by atoms with Crippen molar-refractivity contribution in [3.8, 4) is 5.75 Å². The fraction of sp³-hybridized carbons (Fsp3) is 0.391. The molecule has 0 bridgehead atoms. The van der Waals surface area contributed by atoms with Crippen molar-refractivity contribution in [1.82, 2.24) is 15.1 Å². The van der Waals surface area contributed by atoms with Gasteiger partial charge in [0.25, 0.3) is 5.91 Å². The molecule has 0 radical (unpaired) electrons. The maximum absolute atomic E-state index is 13.3. The molecule has 2 N–H and O–H groups in total. The van der Waals surface area contributed by atoms with E-state index in [2.05, 4.69) is 15.5 Å². The van der Waals surface area contributed by atoms with Crippen LogP contribution in [0.2, 0.25) is 0 Å². The van der Waals surface area contributed by atoms with Crippen LogP contribution in [0.15, 0.2) is 48.5 Å². The van der Waals surface area contributed by atoms with Crippen molar-refractivity contribution in [3.63, 3.8) is 0 Å². The van der Waals surface area contributed by atoms with E-state index in [1.54, 1.807) is 7.11 Å². The Hall–Kier alpha value is -3.06. The number of benzene rings is 2. The summed E-state index contributed by atoms with van der Waals surface area (Å²) in [5.41, 5.74) is 2.31. The van der Waals surface area contributed by atoms with Gasteiger partial charge in [-0.15, -0.1) is 0 Å². The number of hydrogen-bond acceptors (Lipinski definition) is 5. The molecular weight excluding hydrogens is 380 g/mol. The Morgan fingerprint density at radius 1 is 1.00 bits per heavy atom. The molecule has 0 spiro atoms. The Balaban J connectivity index is 1.67. The van der Waals surface area contributed by atoms with Crippen molar-refractivity contribution in [2.75, 3.05) is 51.7 Å². The van der Waals surface area contributed by atoms with E-state index in [-0.39, 0.29) is 11.8 Å². The maximum atomic E-state index is 13.3. The van der Waals surface area contributed by atoms with E-state index in [4.69, 9.17) is 4.74 Å². The standard InChI is InChI=1S/C23H30N4O3/c1-3-24-22(28)17-26-13-6-14-27(16-15-26)23(29)20-7-4-5-8-21(20)25-18-9-11-19(30-2)12-10-18/h4-5,7-12,25H,3,6,13-17H2,1-2H3,(H,24,28). The van der Waals surface area contributed by atoms with Crippen LogP contribution in [-0.4, -0.2) is 68.0 Å². The van der Waals surface area contributed by atoms with Gasteiger partial charge in [0.15, 0.2) is 0 Å². The monoisotopic (exact) mass is 410 g/mol. The lowest BCUT2D eigenvalue weighted by Gasteiger charge is -2.23. The Labute approximate surface area is 178 Å². The second-order valence-corrected chi connectivity index (χ2v) is 7.27. The number of carbonyl (C=O) groups excluding carboxylic acids is 2. The summed E-state index contributed by atoms with van der Waals surface area (Å²) >= 11 is 0. The molecule has 1 heterocycles. The van der Waals surface area contributed by atoms with Gasteiger partial charge in [-0.3, -0.25) is 14.5 Å². The van der Waals surface area contributed by atoms with Crippen molar-refractivity contribution in [3.05, 3.63) is 54.1 Å². The summed E-state index contributed by atoms with van der Waals surface area (Å²) < 4.78 is 5.20. The molecule has 0 aromatic heterocycles. The third kappa shape index (κ3) is 5.73. The number of methoxy groups -OCH3 is 1. The molecule has 0 saturated carbocycles. The van der Waals surface area contributed by atoms with Gasteiger partial charge in [0.05, 0.1) is 24.9 Å². The summed E-state index contributed by atoms with van der Waals surface area (Å²) in [5, 5.41) is 6.18. The molecular formula is C23H30N4O3. The first kappa shape index (κ1) is 21.6. The third-order valence-electron chi connectivity index (χ3n) is 5.14. The minimum atomic E-state index is 0.00599. The molecule has 2 aromatic rings. The molecule has 160 valence electrons. The van der Waals surface area contributed by atoms with Crippen molar-refractivity contribution < 1.29 is 14.3 Å². The van der Waals surface area contributed by atoms with E-state index in [0.29, 0.717) is 38.3 Å². The quantitative estimate of drug-likeness (QED) is 0.734. The van der Waals surface area contributed by atoms with Gasteiger partial charge in [-0.1, -0.05) is 12.1 Å². The molecule has 1 saturated heterocycles. The van der Waals surface area contributed by atoms with Crippen molar-refractivity contribution >= 4 is 23.2 Å². The largest absolute Gasteiger partial charge is 0.497 e. The number of anilines is 2. The van der Waals surface area contributed by atoms with Crippen LogP contribution < -0.4 is 15.4 Å². The number of hydrogen-bond donors (Lipinski definition) is 2. The first-order valence-corrected chi connectivity index (χ1v) is 10.4. The highest BCUT2D eigenvalue weighted by molar-refractivity contribution is 6.00. The van der Waals surface area contributed by atoms with Gasteiger partial charge in [-0.05, 0) is 49.7 Å². The lowest BCUT2D eigenvalue weighted by atomic mass is 10.1. The first-order chi connectivity index (χ1) is 14.6. The van der Waals surface area contributed by atoms with Crippen LogP contribution in [0.4, 0.5) is 11.4 Å². The Morgan fingerprint density at radius 3 is 2.50 bits per heavy atom. The molecule has 2 amide bonds. The number of likely N-dealkylation sites (N-methyl/N-ethyl adjacent to an activating group) is 1. The van der Waals surface area contributed by atoms with Gasteiger partial charge in [0, 0.05) is 38.4 Å². The number of para-hydroxylation sites is 1. The molecule has 3 rings (SSSR count). The van der Waals surface area contributed by atoms with Crippen molar-refractivity contribution in [1.29, 1.82) is 0 Å². The number of ether oxygens (including phenoxy) is 1. The van der Waals surface area contributed by atoms with Gasteiger partial charge < -0.3 is 20.3 Å². The summed E-state index contributed by atoms with van der Waals surface area (Å²) in [6.45, 7) is 5.72. The second-order valence-electron chi connectivity index (χ2n) is 7.27. The van der Waals surface area contributed by atoms with E-state index in [9.17, 15) is 9.59 Å². The number of amides is 2. The molecule has 1 fully saturated rings. The molecule has 30 heavy (non-hydrogen) atoms. The van der Waals surface area contributed by atoms with E-state index in [1.807, 2.05) is 60.4 Å². The fourth-order valence-electron chi connectivity index (χ4n) is 3.57. The Bertz CT molecular complexity index is 854. The lowest BCUT2D eigenvalue weighted by molar-refractivity contribution is -0.122. The van der Waals surface area contributed by atoms with E-state index in [0.717, 1.165) is 30.1 Å². The average Bonchev–Trinajstić information content (AvgIpc) is 3.00. The minimum Gasteiger partial charge on any atom is -0.497 e. The lowest BCUT2D eigenvalue weighted by Crippen LogP contribution is -2.40. The van der Waals surface area contributed by atoms with Crippen LogP contribution in [0.25, 0.3) is 0 Å². The zero-order valence-electron chi connectivity index (χ0n) is 17.7. The summed E-state index contributed by atoms with van der Waals surface area (Å²) in [4.78, 5) is 29.1. The van der Waals surface area contributed by atoms with Crippen molar-refractivity contribution in [2.24, 2.45) is 0 Å². The summed E-state index contributed by atoms with van der Waals surface area (Å²) in [6.07, 6.45) is 0.846. The summed E-state index contributed by atoms with van der Waals surface area (Å²) in [7, 11) is 1.63. The predicted octanol–water partition coefficient (Wildman–Crippen LogP) is 2.72. The Morgan fingerprint density at radius 2 is 1.77 bits per heavy atom. The van der Waals surface area contributed by atoms with E-state index in [1.165, 1.54) is 0 Å². The average molecular weight is 411 g/mol. The molecule has 7 heteroatoms. The molecule has 0 aliphatic carbocycles. The normalized spacial score (nSPS) is 14.7. The highest BCUT2D eigenvalue weighted by atomic mass is 16.5. The van der Waals surface area contributed by atoms with Gasteiger partial charge in [0.1, 0.15) is 5.75 Å². The highest BCUT2D eigenvalue weighted by Gasteiger charge is 2.23. The zero-order chi connectivity index (χ0) is 21.3. The minimum absolute atomic E-state index is 0.00599. The fourth-order valence-corrected chi connectivity index (χ4v) is 3.57. The smallest absolute Gasteiger partial charge is 0.256 e. The first-order valence-electron chi connectivity index (χ1n) is 10.4. The van der Waals surface area contributed by atoms with Gasteiger partial charge in [0.2, 0.25) is 5.91 Å². The highest BCUT2D eigenvalue weighted by Crippen LogP contribution is 2.24. The zero-order valence-corrected chi connectivity index (χ0v) is 17.7. The van der Waals surface area contributed by atoms with Crippen LogP contribution >= 0.6 is 0 Å². The topological polar surface area (TPSA) is 73.9 Å². The molecule has 7 nitrogen and oxygen atoms in total. The second kappa shape index (κ2) is 10.6. The molecule has 1 aliphatic rings. The van der Waals surface area contributed by atoms with Gasteiger partial charge >= 0.3 is 0 Å². The summed E-state index contributed by atoms with van der Waals surface area (Å²) in [5.74, 6) is 0.824. The molecule has 2 aromatic carbocycles. The Kier molecular flexibility index (Phi) is 7.68. The van der Waals surface area contributed by atoms with Crippen LogP contribution in [0.1, 0.15) is 23.7 Å². The summed E-state index contributed by atoms with van der Waals surface area (Å²) in [6, 6.07) is 15.2. The van der Waals surface area contributed by atoms with Crippen molar-refractivity contribution in [2.45, 2.75) is 13.3 Å². The number of carbonyl (C=O) groups is 2. The van der Waals surface area contributed by atoms with E-state index >= 15 is 0 Å².